The molecule has 0 spiro atoms. The molecule has 1 atom stereocenters. The van der Waals surface area contributed by atoms with Crippen molar-refractivity contribution in [1.82, 2.24) is 10.2 Å². The van der Waals surface area contributed by atoms with Crippen LogP contribution in [0.15, 0.2) is 47.4 Å². The molecule has 0 radical (unpaired) electrons. The van der Waals surface area contributed by atoms with Crippen molar-refractivity contribution in [2.24, 2.45) is 5.92 Å². The quantitative estimate of drug-likeness (QED) is 0.785. The first-order valence-electron chi connectivity index (χ1n) is 10.1. The van der Waals surface area contributed by atoms with Crippen molar-refractivity contribution in [2.75, 3.05) is 19.3 Å². The Labute approximate surface area is 174 Å². The molecule has 0 aromatic heterocycles. The van der Waals surface area contributed by atoms with Gasteiger partial charge in [-0.2, -0.15) is 0 Å². The molecule has 3 rings (SSSR count). The van der Waals surface area contributed by atoms with E-state index in [4.69, 9.17) is 0 Å². The van der Waals surface area contributed by atoms with Gasteiger partial charge in [0.1, 0.15) is 0 Å². The van der Waals surface area contributed by atoms with Crippen molar-refractivity contribution in [2.45, 2.75) is 44.7 Å². The third-order valence-corrected chi connectivity index (χ3v) is 6.68. The average molecular weight is 415 g/mol. The molecular formula is C23H30N2O3S. The van der Waals surface area contributed by atoms with Gasteiger partial charge >= 0.3 is 0 Å². The summed E-state index contributed by atoms with van der Waals surface area (Å²) in [5.74, 6) is 0.468. The normalized spacial score (nSPS) is 17.8. The molecule has 0 bridgehead atoms. The Kier molecular flexibility index (Phi) is 6.75. The maximum Gasteiger partial charge on any atom is 0.251 e. The number of nitrogens with one attached hydrogen (secondary N) is 1. The summed E-state index contributed by atoms with van der Waals surface area (Å²) in [6, 6.07) is 12.9. The highest BCUT2D eigenvalue weighted by molar-refractivity contribution is 7.90. The second kappa shape index (κ2) is 9.09. The zero-order valence-electron chi connectivity index (χ0n) is 17.4. The highest BCUT2D eigenvalue weighted by atomic mass is 32.2. The van der Waals surface area contributed by atoms with Crippen LogP contribution < -0.4 is 5.32 Å². The molecule has 1 fully saturated rings. The summed E-state index contributed by atoms with van der Waals surface area (Å²) in [6.45, 7) is 7.64. The predicted octanol–water partition coefficient (Wildman–Crippen LogP) is 3.56. The van der Waals surface area contributed by atoms with Crippen LogP contribution in [-0.4, -0.2) is 38.6 Å². The molecule has 29 heavy (non-hydrogen) atoms. The number of benzene rings is 2. The fourth-order valence-corrected chi connectivity index (χ4v) is 4.55. The fourth-order valence-electron chi connectivity index (χ4n) is 3.90. The number of sulfone groups is 1. The van der Waals surface area contributed by atoms with Gasteiger partial charge < -0.3 is 5.32 Å². The Morgan fingerprint density at radius 2 is 1.90 bits per heavy atom. The number of aryl methyl sites for hydroxylation is 1. The number of likely N-dealkylation sites (tertiary alicyclic amines) is 1. The minimum Gasteiger partial charge on any atom is -0.348 e. The highest BCUT2D eigenvalue weighted by Gasteiger charge is 2.18. The van der Waals surface area contributed by atoms with E-state index >= 15 is 0 Å². The molecule has 0 aliphatic carbocycles. The van der Waals surface area contributed by atoms with Gasteiger partial charge in [0, 0.05) is 31.5 Å². The Balaban J connectivity index is 1.71. The predicted molar refractivity (Wildman–Crippen MR) is 116 cm³/mol. The zero-order chi connectivity index (χ0) is 21.0. The van der Waals surface area contributed by atoms with Crippen LogP contribution in [0.2, 0.25) is 0 Å². The van der Waals surface area contributed by atoms with Crippen LogP contribution >= 0.6 is 0 Å². The molecule has 2 aromatic rings. The number of hydrogen-bond acceptors (Lipinski definition) is 4. The maximum atomic E-state index is 12.7. The van der Waals surface area contributed by atoms with E-state index in [9.17, 15) is 13.2 Å². The SMILES string of the molecule is Cc1ccc(S(C)(=O)=O)cc1C(=O)NCc1ccccc1CN1CCCC(C)C1. The van der Waals surface area contributed by atoms with Crippen molar-refractivity contribution >= 4 is 15.7 Å². The van der Waals surface area contributed by atoms with Gasteiger partial charge in [-0.05, 0) is 61.1 Å². The largest absolute Gasteiger partial charge is 0.348 e. The van der Waals surface area contributed by atoms with Gasteiger partial charge in [0.25, 0.3) is 5.91 Å². The van der Waals surface area contributed by atoms with E-state index in [0.717, 1.165) is 42.9 Å². The monoisotopic (exact) mass is 414 g/mol. The summed E-state index contributed by atoms with van der Waals surface area (Å²) in [5, 5.41) is 2.97. The molecule has 156 valence electrons. The molecular weight excluding hydrogens is 384 g/mol. The Morgan fingerprint density at radius 3 is 2.59 bits per heavy atom. The molecule has 1 heterocycles. The zero-order valence-corrected chi connectivity index (χ0v) is 18.3. The van der Waals surface area contributed by atoms with Gasteiger partial charge in [-0.15, -0.1) is 0 Å². The maximum absolute atomic E-state index is 12.7. The van der Waals surface area contributed by atoms with E-state index in [0.29, 0.717) is 12.1 Å². The molecule has 1 aliphatic rings. The topological polar surface area (TPSA) is 66.5 Å². The molecule has 1 aliphatic heterocycles. The van der Waals surface area contributed by atoms with Crippen LogP contribution in [0, 0.1) is 12.8 Å². The third-order valence-electron chi connectivity index (χ3n) is 5.57. The van der Waals surface area contributed by atoms with Gasteiger partial charge in [0.15, 0.2) is 9.84 Å². The Morgan fingerprint density at radius 1 is 1.17 bits per heavy atom. The summed E-state index contributed by atoms with van der Waals surface area (Å²) >= 11 is 0. The van der Waals surface area contributed by atoms with Crippen LogP contribution in [0.4, 0.5) is 0 Å². The average Bonchev–Trinajstić information content (AvgIpc) is 2.66. The van der Waals surface area contributed by atoms with Crippen molar-refractivity contribution in [3.63, 3.8) is 0 Å². The van der Waals surface area contributed by atoms with Crippen molar-refractivity contribution in [3.05, 3.63) is 64.7 Å². The first kappa shape index (κ1) is 21.5. The molecule has 1 unspecified atom stereocenters. The standard InChI is InChI=1S/C23H30N2O3S/c1-17-7-6-12-25(15-17)16-20-9-5-4-8-19(20)14-24-23(26)22-13-21(29(3,27)28)11-10-18(22)2/h4-5,8-11,13,17H,6-7,12,14-16H2,1-3H3,(H,24,26). The number of hydrogen-bond donors (Lipinski definition) is 1. The highest BCUT2D eigenvalue weighted by Crippen LogP contribution is 2.20. The lowest BCUT2D eigenvalue weighted by Crippen LogP contribution is -2.34. The summed E-state index contributed by atoms with van der Waals surface area (Å²) < 4.78 is 23.6. The summed E-state index contributed by atoms with van der Waals surface area (Å²) in [6.07, 6.45) is 3.67. The second-order valence-electron chi connectivity index (χ2n) is 8.18. The van der Waals surface area contributed by atoms with E-state index in [1.54, 1.807) is 6.07 Å². The van der Waals surface area contributed by atoms with Crippen molar-refractivity contribution in [3.8, 4) is 0 Å². The van der Waals surface area contributed by atoms with Gasteiger partial charge in [0.2, 0.25) is 0 Å². The Bertz CT molecular complexity index is 985. The molecule has 2 aromatic carbocycles. The van der Waals surface area contributed by atoms with Gasteiger partial charge in [-0.1, -0.05) is 37.3 Å². The van der Waals surface area contributed by atoms with Gasteiger partial charge in [-0.25, -0.2) is 8.42 Å². The number of carbonyl (C=O) groups excluding carboxylic acids is 1. The number of rotatable bonds is 6. The van der Waals surface area contributed by atoms with Gasteiger partial charge in [-0.3, -0.25) is 9.69 Å². The Hall–Kier alpha value is -2.18. The first-order chi connectivity index (χ1) is 13.7. The minimum absolute atomic E-state index is 0.160. The molecule has 1 saturated heterocycles. The van der Waals surface area contributed by atoms with Crippen LogP contribution in [-0.2, 0) is 22.9 Å². The first-order valence-corrected chi connectivity index (χ1v) is 12.0. The van der Waals surface area contributed by atoms with E-state index in [1.807, 2.05) is 25.1 Å². The van der Waals surface area contributed by atoms with Crippen LogP contribution in [0.5, 0.6) is 0 Å². The number of carbonyl (C=O) groups is 1. The van der Waals surface area contributed by atoms with Gasteiger partial charge in [0.05, 0.1) is 4.90 Å². The molecule has 1 N–H and O–H groups in total. The summed E-state index contributed by atoms with van der Waals surface area (Å²) in [7, 11) is -3.36. The van der Waals surface area contributed by atoms with Crippen LogP contribution in [0.3, 0.4) is 0 Å². The van der Waals surface area contributed by atoms with Crippen LogP contribution in [0.25, 0.3) is 0 Å². The number of piperidine rings is 1. The minimum atomic E-state index is -3.36. The van der Waals surface area contributed by atoms with E-state index in [-0.39, 0.29) is 10.8 Å². The smallest absolute Gasteiger partial charge is 0.251 e. The lowest BCUT2D eigenvalue weighted by Gasteiger charge is -2.31. The van der Waals surface area contributed by atoms with E-state index in [2.05, 4.69) is 23.2 Å². The summed E-state index contributed by atoms with van der Waals surface area (Å²) in [4.78, 5) is 15.4. The lowest BCUT2D eigenvalue weighted by atomic mass is 9.99. The molecule has 6 heteroatoms. The molecule has 0 saturated carbocycles. The molecule has 1 amide bonds. The van der Waals surface area contributed by atoms with E-state index < -0.39 is 9.84 Å². The van der Waals surface area contributed by atoms with E-state index in [1.165, 1.54) is 30.5 Å². The fraction of sp³-hybridized carbons (Fsp3) is 0.435. The summed E-state index contributed by atoms with van der Waals surface area (Å²) in [5.41, 5.74) is 3.47. The molecule has 5 nitrogen and oxygen atoms in total. The third kappa shape index (κ3) is 5.67. The number of amides is 1. The van der Waals surface area contributed by atoms with Crippen molar-refractivity contribution < 1.29 is 13.2 Å². The van der Waals surface area contributed by atoms with Crippen molar-refractivity contribution in [1.29, 1.82) is 0 Å². The number of nitrogens with zero attached hydrogens (tertiary/aromatic N) is 1. The lowest BCUT2D eigenvalue weighted by molar-refractivity contribution is 0.0950. The second-order valence-corrected chi connectivity index (χ2v) is 10.2. The van der Waals surface area contributed by atoms with Crippen LogP contribution in [0.1, 0.15) is 46.8 Å².